The molecule has 2 heterocycles. The van der Waals surface area contributed by atoms with Crippen LogP contribution in [0.1, 0.15) is 12.5 Å². The van der Waals surface area contributed by atoms with Crippen molar-refractivity contribution in [1.29, 1.82) is 0 Å². The lowest BCUT2D eigenvalue weighted by Crippen LogP contribution is -2.53. The molecule has 0 aliphatic carbocycles. The molecule has 0 bridgehead atoms. The molecule has 0 spiro atoms. The second-order valence-corrected chi connectivity index (χ2v) is 9.25. The molecule has 0 radical (unpaired) electrons. The molecule has 1 aromatic carbocycles. The Bertz CT molecular complexity index is 815. The number of benzene rings is 1. The highest BCUT2D eigenvalue weighted by molar-refractivity contribution is 7.91. The van der Waals surface area contributed by atoms with Crippen molar-refractivity contribution in [3.63, 3.8) is 0 Å². The van der Waals surface area contributed by atoms with Gasteiger partial charge in [-0.15, -0.1) is 11.3 Å². The zero-order valence-electron chi connectivity index (χ0n) is 14.7. The largest absolute Gasteiger partial charge is 0.339 e. The number of thiophene rings is 1. The smallest absolute Gasteiger partial charge is 0.250 e. The SMILES string of the molecule is C[C@H](NS(=O)(=O)c1cccs1)C(=O)N1CCN(Cc2ccccc2)CC1. The highest BCUT2D eigenvalue weighted by atomic mass is 32.2. The number of amides is 1. The van der Waals surface area contributed by atoms with Crippen molar-refractivity contribution in [1.82, 2.24) is 14.5 Å². The highest BCUT2D eigenvalue weighted by Gasteiger charge is 2.28. The van der Waals surface area contributed by atoms with Gasteiger partial charge < -0.3 is 4.90 Å². The molecule has 1 aromatic heterocycles. The Labute approximate surface area is 158 Å². The molecule has 2 aromatic rings. The quantitative estimate of drug-likeness (QED) is 0.812. The van der Waals surface area contributed by atoms with Crippen molar-refractivity contribution >= 4 is 27.3 Å². The first-order valence-corrected chi connectivity index (χ1v) is 10.9. The second kappa shape index (κ2) is 8.30. The fourth-order valence-corrected chi connectivity index (χ4v) is 5.21. The van der Waals surface area contributed by atoms with Crippen LogP contribution in [0, 0.1) is 0 Å². The Hall–Kier alpha value is -1.74. The average molecular weight is 394 g/mol. The molecule has 1 aliphatic rings. The summed E-state index contributed by atoms with van der Waals surface area (Å²) in [5.41, 5.74) is 1.25. The summed E-state index contributed by atoms with van der Waals surface area (Å²) in [6.45, 7) is 5.25. The number of nitrogens with zero attached hydrogens (tertiary/aromatic N) is 2. The molecule has 6 nitrogen and oxygen atoms in total. The van der Waals surface area contributed by atoms with E-state index in [1.165, 1.54) is 11.6 Å². The average Bonchev–Trinajstić information content (AvgIpc) is 3.18. The summed E-state index contributed by atoms with van der Waals surface area (Å²) in [4.78, 5) is 16.6. The van der Waals surface area contributed by atoms with Gasteiger partial charge in [-0.05, 0) is 23.9 Å². The minimum absolute atomic E-state index is 0.176. The van der Waals surface area contributed by atoms with Crippen LogP contribution in [0.3, 0.4) is 0 Å². The van der Waals surface area contributed by atoms with Gasteiger partial charge in [0, 0.05) is 32.7 Å². The molecule has 1 amide bonds. The lowest BCUT2D eigenvalue weighted by molar-refractivity contribution is -0.134. The van der Waals surface area contributed by atoms with E-state index >= 15 is 0 Å². The Morgan fingerprint density at radius 1 is 1.12 bits per heavy atom. The van der Waals surface area contributed by atoms with Crippen LogP contribution in [0.2, 0.25) is 0 Å². The second-order valence-electron chi connectivity index (χ2n) is 6.36. The Kier molecular flexibility index (Phi) is 6.08. The maximum Gasteiger partial charge on any atom is 0.250 e. The molecule has 1 saturated heterocycles. The summed E-state index contributed by atoms with van der Waals surface area (Å²) in [6, 6.07) is 12.7. The van der Waals surface area contributed by atoms with Gasteiger partial charge in [0.25, 0.3) is 10.0 Å². The number of rotatable bonds is 6. The van der Waals surface area contributed by atoms with Crippen molar-refractivity contribution in [2.75, 3.05) is 26.2 Å². The Balaban J connectivity index is 1.51. The van der Waals surface area contributed by atoms with E-state index in [0.29, 0.717) is 13.1 Å². The van der Waals surface area contributed by atoms with Gasteiger partial charge in [-0.25, -0.2) is 8.42 Å². The molecular formula is C18H23N3O3S2. The number of carbonyl (C=O) groups excluding carboxylic acids is 1. The van der Waals surface area contributed by atoms with E-state index in [1.807, 2.05) is 18.2 Å². The molecule has 1 aliphatic heterocycles. The first-order chi connectivity index (χ1) is 12.5. The van der Waals surface area contributed by atoms with Crippen molar-refractivity contribution in [2.24, 2.45) is 0 Å². The zero-order chi connectivity index (χ0) is 18.6. The molecule has 3 rings (SSSR count). The van der Waals surface area contributed by atoms with Crippen LogP contribution >= 0.6 is 11.3 Å². The molecule has 0 saturated carbocycles. The van der Waals surface area contributed by atoms with Crippen LogP contribution in [-0.4, -0.2) is 56.3 Å². The van der Waals surface area contributed by atoms with Crippen LogP contribution in [0.4, 0.5) is 0 Å². The maximum absolute atomic E-state index is 12.6. The van der Waals surface area contributed by atoms with Crippen LogP contribution in [0.15, 0.2) is 52.1 Å². The number of sulfonamides is 1. The van der Waals surface area contributed by atoms with E-state index in [0.717, 1.165) is 31.0 Å². The molecule has 1 N–H and O–H groups in total. The molecule has 1 fully saturated rings. The van der Waals surface area contributed by atoms with Gasteiger partial charge in [0.15, 0.2) is 0 Å². The van der Waals surface area contributed by atoms with Gasteiger partial charge in [-0.2, -0.15) is 4.72 Å². The fraction of sp³-hybridized carbons (Fsp3) is 0.389. The predicted molar refractivity (Wildman–Crippen MR) is 102 cm³/mol. The van der Waals surface area contributed by atoms with Gasteiger partial charge in [-0.3, -0.25) is 9.69 Å². The van der Waals surface area contributed by atoms with E-state index in [9.17, 15) is 13.2 Å². The van der Waals surface area contributed by atoms with Crippen molar-refractivity contribution < 1.29 is 13.2 Å². The first-order valence-electron chi connectivity index (χ1n) is 8.56. The normalized spacial score (nSPS) is 17.2. The third kappa shape index (κ3) is 4.70. The maximum atomic E-state index is 12.6. The molecule has 0 unspecified atom stereocenters. The van der Waals surface area contributed by atoms with Gasteiger partial charge in [0.2, 0.25) is 5.91 Å². The summed E-state index contributed by atoms with van der Waals surface area (Å²) in [6.07, 6.45) is 0. The highest BCUT2D eigenvalue weighted by Crippen LogP contribution is 2.16. The summed E-state index contributed by atoms with van der Waals surface area (Å²) >= 11 is 1.14. The minimum Gasteiger partial charge on any atom is -0.339 e. The minimum atomic E-state index is -3.64. The third-order valence-corrected chi connectivity index (χ3v) is 7.33. The predicted octanol–water partition coefficient (Wildman–Crippen LogP) is 1.76. The van der Waals surface area contributed by atoms with Gasteiger partial charge >= 0.3 is 0 Å². The van der Waals surface area contributed by atoms with E-state index < -0.39 is 16.1 Å². The summed E-state index contributed by atoms with van der Waals surface area (Å²) < 4.78 is 27.2. The molecule has 26 heavy (non-hydrogen) atoms. The first kappa shape index (κ1) is 19.0. The molecular weight excluding hydrogens is 370 g/mol. The number of piperazine rings is 1. The van der Waals surface area contributed by atoms with Crippen molar-refractivity contribution in [3.05, 3.63) is 53.4 Å². The number of hydrogen-bond donors (Lipinski definition) is 1. The third-order valence-electron chi connectivity index (χ3n) is 4.40. The topological polar surface area (TPSA) is 69.7 Å². The summed E-state index contributed by atoms with van der Waals surface area (Å²) in [5, 5.41) is 1.70. The fourth-order valence-electron chi connectivity index (χ4n) is 3.00. The van der Waals surface area contributed by atoms with E-state index in [-0.39, 0.29) is 10.1 Å². The van der Waals surface area contributed by atoms with Crippen LogP contribution < -0.4 is 4.72 Å². The number of carbonyl (C=O) groups is 1. The van der Waals surface area contributed by atoms with E-state index in [4.69, 9.17) is 0 Å². The van der Waals surface area contributed by atoms with Gasteiger partial charge in [0.05, 0.1) is 6.04 Å². The van der Waals surface area contributed by atoms with Crippen LogP contribution in [0.5, 0.6) is 0 Å². The standard InChI is InChI=1S/C18H23N3O3S2/c1-15(19-26(23,24)17-8-5-13-25-17)18(22)21-11-9-20(10-12-21)14-16-6-3-2-4-7-16/h2-8,13,15,19H,9-12,14H2,1H3/t15-/m0/s1. The Morgan fingerprint density at radius 3 is 2.42 bits per heavy atom. The molecule has 1 atom stereocenters. The molecule has 8 heteroatoms. The van der Waals surface area contributed by atoms with Crippen LogP contribution in [-0.2, 0) is 21.4 Å². The van der Waals surface area contributed by atoms with Gasteiger partial charge in [-0.1, -0.05) is 36.4 Å². The van der Waals surface area contributed by atoms with E-state index in [1.54, 1.807) is 23.3 Å². The Morgan fingerprint density at radius 2 is 1.81 bits per heavy atom. The lowest BCUT2D eigenvalue weighted by Gasteiger charge is -2.36. The lowest BCUT2D eigenvalue weighted by atomic mass is 10.2. The van der Waals surface area contributed by atoms with Crippen molar-refractivity contribution in [2.45, 2.75) is 23.7 Å². The van der Waals surface area contributed by atoms with Crippen LogP contribution in [0.25, 0.3) is 0 Å². The summed E-state index contributed by atoms with van der Waals surface area (Å²) in [5.74, 6) is -0.176. The number of hydrogen-bond acceptors (Lipinski definition) is 5. The van der Waals surface area contributed by atoms with Gasteiger partial charge in [0.1, 0.15) is 4.21 Å². The molecule has 140 valence electrons. The van der Waals surface area contributed by atoms with E-state index in [2.05, 4.69) is 21.8 Å². The van der Waals surface area contributed by atoms with Crippen molar-refractivity contribution in [3.8, 4) is 0 Å². The monoisotopic (exact) mass is 393 g/mol. The zero-order valence-corrected chi connectivity index (χ0v) is 16.3. The summed E-state index contributed by atoms with van der Waals surface area (Å²) in [7, 11) is -3.64. The number of nitrogens with one attached hydrogen (secondary N) is 1.